The number of nitrogens with one attached hydrogen (secondary N) is 1. The van der Waals surface area contributed by atoms with E-state index in [1.54, 1.807) is 6.26 Å². The van der Waals surface area contributed by atoms with Crippen LogP contribution in [0.2, 0.25) is 0 Å². The number of nitriles is 1. The summed E-state index contributed by atoms with van der Waals surface area (Å²) in [7, 11) is 1.92. The van der Waals surface area contributed by atoms with E-state index < -0.39 is 0 Å². The van der Waals surface area contributed by atoms with Gasteiger partial charge in [0.1, 0.15) is 24.1 Å². The Morgan fingerprint density at radius 2 is 2.33 bits per heavy atom. The lowest BCUT2D eigenvalue weighted by Gasteiger charge is -2.06. The van der Waals surface area contributed by atoms with Crippen LogP contribution in [0.5, 0.6) is 0 Å². The summed E-state index contributed by atoms with van der Waals surface area (Å²) >= 11 is 0. The highest BCUT2D eigenvalue weighted by molar-refractivity contribution is 5.33. The van der Waals surface area contributed by atoms with Crippen molar-refractivity contribution >= 4 is 0 Å². The number of rotatable bonds is 8. The van der Waals surface area contributed by atoms with Gasteiger partial charge < -0.3 is 19.0 Å². The molecule has 0 spiro atoms. The second-order valence-electron chi connectivity index (χ2n) is 4.97. The number of furan rings is 1. The van der Waals surface area contributed by atoms with Gasteiger partial charge >= 0.3 is 0 Å². The number of nitrogens with zero attached hydrogens (tertiary/aromatic N) is 2. The Balaban J connectivity index is 1.61. The molecule has 0 bridgehead atoms. The van der Waals surface area contributed by atoms with E-state index in [0.717, 1.165) is 31.0 Å². The average molecular weight is 287 g/mol. The van der Waals surface area contributed by atoms with E-state index in [2.05, 4.69) is 11.4 Å². The monoisotopic (exact) mass is 287 g/mol. The van der Waals surface area contributed by atoms with Crippen molar-refractivity contribution in [2.45, 2.75) is 26.5 Å². The molecule has 1 N–H and O–H groups in total. The molecule has 0 saturated carbocycles. The van der Waals surface area contributed by atoms with Crippen molar-refractivity contribution in [2.75, 3.05) is 13.2 Å². The smallest absolute Gasteiger partial charge is 0.129 e. The summed E-state index contributed by atoms with van der Waals surface area (Å²) < 4.78 is 12.6. The lowest BCUT2D eigenvalue weighted by Crippen LogP contribution is -2.16. The molecule has 0 saturated heterocycles. The zero-order valence-electron chi connectivity index (χ0n) is 12.6. The fourth-order valence-corrected chi connectivity index (χ4v) is 2.14. The third-order valence-electron chi connectivity index (χ3n) is 3.54. The summed E-state index contributed by atoms with van der Waals surface area (Å²) in [6.45, 7) is 4.92. The average Bonchev–Trinajstić information content (AvgIpc) is 3.09. The first kappa shape index (κ1) is 15.4. The molecule has 0 aliphatic carbocycles. The summed E-state index contributed by atoms with van der Waals surface area (Å²) in [6, 6.07) is 7.90. The zero-order valence-corrected chi connectivity index (χ0v) is 12.6. The first-order valence-electron chi connectivity index (χ1n) is 7.08. The van der Waals surface area contributed by atoms with Gasteiger partial charge in [-0.3, -0.25) is 0 Å². The van der Waals surface area contributed by atoms with Crippen molar-refractivity contribution in [3.05, 3.63) is 47.2 Å². The lowest BCUT2D eigenvalue weighted by atomic mass is 10.2. The van der Waals surface area contributed by atoms with Gasteiger partial charge in [-0.25, -0.2) is 0 Å². The van der Waals surface area contributed by atoms with Crippen LogP contribution in [0.4, 0.5) is 0 Å². The van der Waals surface area contributed by atoms with Crippen LogP contribution in [0.25, 0.3) is 0 Å². The van der Waals surface area contributed by atoms with E-state index in [4.69, 9.17) is 14.4 Å². The van der Waals surface area contributed by atoms with E-state index in [-0.39, 0.29) is 0 Å². The molecule has 21 heavy (non-hydrogen) atoms. The zero-order chi connectivity index (χ0) is 15.1. The van der Waals surface area contributed by atoms with Crippen LogP contribution in [-0.2, 0) is 24.9 Å². The standard InChI is InChI=1S/C16H21N3O2/c1-13-14(9-15(10-17)19(13)2)11-18-6-4-7-20-12-16-5-3-8-21-16/h3,5,8-9,18H,4,6-7,11-12H2,1-2H3. The quantitative estimate of drug-likeness (QED) is 0.758. The SMILES string of the molecule is Cc1c(CNCCCOCc2ccco2)cc(C#N)n1C. The van der Waals surface area contributed by atoms with Crippen LogP contribution < -0.4 is 5.32 Å². The van der Waals surface area contributed by atoms with Gasteiger partial charge in [-0.1, -0.05) is 0 Å². The van der Waals surface area contributed by atoms with Crippen LogP contribution >= 0.6 is 0 Å². The maximum absolute atomic E-state index is 8.99. The van der Waals surface area contributed by atoms with E-state index in [0.29, 0.717) is 18.9 Å². The normalized spacial score (nSPS) is 10.7. The second kappa shape index (κ2) is 7.67. The molecule has 112 valence electrons. The molecule has 0 atom stereocenters. The number of hydrogen-bond acceptors (Lipinski definition) is 4. The maximum atomic E-state index is 8.99. The molecule has 0 fully saturated rings. The lowest BCUT2D eigenvalue weighted by molar-refractivity contribution is 0.104. The van der Waals surface area contributed by atoms with E-state index in [1.165, 1.54) is 5.56 Å². The van der Waals surface area contributed by atoms with Crippen molar-refractivity contribution in [3.63, 3.8) is 0 Å². The molecular formula is C16H21N3O2. The molecule has 0 aliphatic rings. The number of hydrogen-bond donors (Lipinski definition) is 1. The summed E-state index contributed by atoms with van der Waals surface area (Å²) in [5.74, 6) is 0.854. The van der Waals surface area contributed by atoms with Crippen molar-refractivity contribution in [1.29, 1.82) is 5.26 Å². The molecule has 0 unspecified atom stereocenters. The van der Waals surface area contributed by atoms with Crippen molar-refractivity contribution < 1.29 is 9.15 Å². The van der Waals surface area contributed by atoms with Gasteiger partial charge in [0.2, 0.25) is 0 Å². The third kappa shape index (κ3) is 4.22. The Hall–Kier alpha value is -2.03. The molecule has 0 aliphatic heterocycles. The Morgan fingerprint density at radius 3 is 3.00 bits per heavy atom. The van der Waals surface area contributed by atoms with Crippen LogP contribution in [0, 0.1) is 18.3 Å². The van der Waals surface area contributed by atoms with Crippen LogP contribution in [0.15, 0.2) is 28.9 Å². The molecular weight excluding hydrogens is 266 g/mol. The number of ether oxygens (including phenoxy) is 1. The predicted octanol–water partition coefficient (Wildman–Crippen LogP) is 2.49. The van der Waals surface area contributed by atoms with Crippen LogP contribution in [0.3, 0.4) is 0 Å². The van der Waals surface area contributed by atoms with Gasteiger partial charge in [0.05, 0.1) is 6.26 Å². The van der Waals surface area contributed by atoms with Gasteiger partial charge in [0.15, 0.2) is 0 Å². The topological polar surface area (TPSA) is 63.1 Å². The maximum Gasteiger partial charge on any atom is 0.129 e. The minimum atomic E-state index is 0.524. The first-order valence-corrected chi connectivity index (χ1v) is 7.08. The van der Waals surface area contributed by atoms with E-state index >= 15 is 0 Å². The second-order valence-corrected chi connectivity index (χ2v) is 4.97. The molecule has 2 rings (SSSR count). The molecule has 5 nitrogen and oxygen atoms in total. The van der Waals surface area contributed by atoms with Crippen LogP contribution in [0.1, 0.15) is 29.1 Å². The van der Waals surface area contributed by atoms with E-state index in [9.17, 15) is 0 Å². The predicted molar refractivity (Wildman–Crippen MR) is 79.6 cm³/mol. The Labute approximate surface area is 125 Å². The molecule has 0 radical (unpaired) electrons. The fraction of sp³-hybridized carbons (Fsp3) is 0.438. The molecule has 2 aromatic heterocycles. The fourth-order valence-electron chi connectivity index (χ4n) is 2.14. The van der Waals surface area contributed by atoms with Gasteiger partial charge in [0.25, 0.3) is 0 Å². The number of aromatic nitrogens is 1. The Morgan fingerprint density at radius 1 is 1.48 bits per heavy atom. The van der Waals surface area contributed by atoms with E-state index in [1.807, 2.05) is 36.7 Å². The Kier molecular flexibility index (Phi) is 5.61. The van der Waals surface area contributed by atoms with Gasteiger partial charge in [-0.05, 0) is 43.7 Å². The highest BCUT2D eigenvalue weighted by Crippen LogP contribution is 2.12. The van der Waals surface area contributed by atoms with Gasteiger partial charge in [0, 0.05) is 25.9 Å². The third-order valence-corrected chi connectivity index (χ3v) is 3.54. The molecule has 5 heteroatoms. The summed E-state index contributed by atoms with van der Waals surface area (Å²) in [4.78, 5) is 0. The van der Waals surface area contributed by atoms with Crippen molar-refractivity contribution in [1.82, 2.24) is 9.88 Å². The highest BCUT2D eigenvalue weighted by Gasteiger charge is 2.07. The molecule has 0 amide bonds. The Bertz CT molecular complexity index is 594. The molecule has 2 aromatic rings. The largest absolute Gasteiger partial charge is 0.467 e. The minimum Gasteiger partial charge on any atom is -0.467 e. The van der Waals surface area contributed by atoms with Gasteiger partial charge in [-0.15, -0.1) is 0 Å². The minimum absolute atomic E-state index is 0.524. The summed E-state index contributed by atoms with van der Waals surface area (Å²) in [6.07, 6.45) is 2.59. The van der Waals surface area contributed by atoms with Crippen molar-refractivity contribution in [2.24, 2.45) is 7.05 Å². The molecule has 0 aromatic carbocycles. The summed E-state index contributed by atoms with van der Waals surface area (Å²) in [5.41, 5.74) is 3.00. The highest BCUT2D eigenvalue weighted by atomic mass is 16.5. The van der Waals surface area contributed by atoms with Gasteiger partial charge in [-0.2, -0.15) is 5.26 Å². The first-order chi connectivity index (χ1) is 10.2. The summed E-state index contributed by atoms with van der Waals surface area (Å²) in [5, 5.41) is 12.4. The van der Waals surface area contributed by atoms with Crippen molar-refractivity contribution in [3.8, 4) is 6.07 Å². The molecule has 2 heterocycles. The van der Waals surface area contributed by atoms with Crippen LogP contribution in [-0.4, -0.2) is 17.7 Å².